The van der Waals surface area contributed by atoms with Crippen molar-refractivity contribution in [1.82, 2.24) is 5.01 Å². The lowest BCUT2D eigenvalue weighted by molar-refractivity contribution is -0.135. The van der Waals surface area contributed by atoms with Crippen LogP contribution in [-0.4, -0.2) is 45.3 Å². The van der Waals surface area contributed by atoms with Crippen LogP contribution >= 0.6 is 0 Å². The number of hydrogen-bond acceptors (Lipinski definition) is 7. The second kappa shape index (κ2) is 8.08. The minimum atomic E-state index is -0.707. The Labute approximate surface area is 163 Å². The molecular formula is C20H22N2O6. The van der Waals surface area contributed by atoms with Crippen molar-refractivity contribution >= 4 is 11.8 Å². The van der Waals surface area contributed by atoms with Gasteiger partial charge in [0.05, 0.1) is 28.4 Å². The van der Waals surface area contributed by atoms with E-state index in [4.69, 9.17) is 23.7 Å². The second-order valence-electron chi connectivity index (χ2n) is 5.93. The van der Waals surface area contributed by atoms with Crippen LogP contribution in [0.4, 0.5) is 0 Å². The highest BCUT2D eigenvalue weighted by Crippen LogP contribution is 2.40. The minimum absolute atomic E-state index is 0.254. The van der Waals surface area contributed by atoms with E-state index in [0.29, 0.717) is 28.6 Å². The number of methoxy groups -OCH3 is 4. The minimum Gasteiger partial charge on any atom is -0.497 e. The van der Waals surface area contributed by atoms with E-state index in [1.807, 2.05) is 18.2 Å². The van der Waals surface area contributed by atoms with E-state index in [-0.39, 0.29) is 11.8 Å². The molecule has 0 radical (unpaired) electrons. The van der Waals surface area contributed by atoms with Crippen LogP contribution < -0.4 is 18.9 Å². The fourth-order valence-corrected chi connectivity index (χ4v) is 2.90. The normalized spacial score (nSPS) is 15.5. The van der Waals surface area contributed by atoms with Crippen LogP contribution in [0.3, 0.4) is 0 Å². The van der Waals surface area contributed by atoms with E-state index in [0.717, 1.165) is 5.56 Å². The average molecular weight is 386 g/mol. The van der Waals surface area contributed by atoms with Gasteiger partial charge in [0, 0.05) is 18.1 Å². The molecule has 1 unspecified atom stereocenters. The Hall–Kier alpha value is -3.42. The third-order valence-corrected chi connectivity index (χ3v) is 4.26. The Bertz CT molecular complexity index is 886. The monoisotopic (exact) mass is 386 g/mol. The van der Waals surface area contributed by atoms with Crippen LogP contribution in [0.1, 0.15) is 24.3 Å². The maximum Gasteiger partial charge on any atom is 0.243 e. The number of ether oxygens (including phenoxy) is 5. The fraction of sp³-hybridized carbons (Fsp3) is 0.300. The standard InChI is InChI=1S/C20H22N2O6/c1-12(23)22-20(13-7-6-8-15(9-13)24-2)28-19(21-22)14-10-16(25-3)18(27-5)17(11-14)26-4/h6-11,20H,1-5H3. The Kier molecular flexibility index (Phi) is 5.58. The van der Waals surface area contributed by atoms with Crippen molar-refractivity contribution in [3.05, 3.63) is 47.5 Å². The van der Waals surface area contributed by atoms with E-state index in [1.165, 1.54) is 33.3 Å². The molecule has 0 aliphatic carbocycles. The largest absolute Gasteiger partial charge is 0.497 e. The Balaban J connectivity index is 2.01. The van der Waals surface area contributed by atoms with E-state index in [9.17, 15) is 4.79 Å². The van der Waals surface area contributed by atoms with Crippen LogP contribution in [-0.2, 0) is 9.53 Å². The molecule has 8 heteroatoms. The molecular weight excluding hydrogens is 364 g/mol. The molecule has 2 aromatic rings. The summed E-state index contributed by atoms with van der Waals surface area (Å²) in [5, 5.41) is 5.65. The van der Waals surface area contributed by atoms with Crippen molar-refractivity contribution in [1.29, 1.82) is 0 Å². The smallest absolute Gasteiger partial charge is 0.243 e. The van der Waals surface area contributed by atoms with Gasteiger partial charge in [-0.15, -0.1) is 5.10 Å². The summed E-state index contributed by atoms with van der Waals surface area (Å²) in [6.45, 7) is 1.43. The predicted octanol–water partition coefficient (Wildman–Crippen LogP) is 2.96. The highest BCUT2D eigenvalue weighted by molar-refractivity contribution is 5.97. The first-order valence-corrected chi connectivity index (χ1v) is 8.51. The van der Waals surface area contributed by atoms with E-state index in [1.54, 1.807) is 25.3 Å². The van der Waals surface area contributed by atoms with Gasteiger partial charge in [-0.1, -0.05) is 12.1 Å². The summed E-state index contributed by atoms with van der Waals surface area (Å²) in [6.07, 6.45) is -0.707. The number of rotatable bonds is 6. The van der Waals surface area contributed by atoms with Crippen molar-refractivity contribution in [3.8, 4) is 23.0 Å². The molecule has 1 atom stereocenters. The molecule has 0 bridgehead atoms. The van der Waals surface area contributed by atoms with Gasteiger partial charge in [0.25, 0.3) is 0 Å². The summed E-state index contributed by atoms with van der Waals surface area (Å²) in [7, 11) is 6.16. The van der Waals surface area contributed by atoms with Crippen molar-refractivity contribution in [2.24, 2.45) is 5.10 Å². The molecule has 0 aromatic heterocycles. The molecule has 0 spiro atoms. The number of carbonyl (C=O) groups is 1. The van der Waals surface area contributed by atoms with E-state index >= 15 is 0 Å². The zero-order valence-corrected chi connectivity index (χ0v) is 16.4. The van der Waals surface area contributed by atoms with Crippen molar-refractivity contribution in [2.75, 3.05) is 28.4 Å². The van der Waals surface area contributed by atoms with Crippen LogP contribution in [0, 0.1) is 0 Å². The number of benzene rings is 2. The van der Waals surface area contributed by atoms with Crippen molar-refractivity contribution in [2.45, 2.75) is 13.2 Å². The molecule has 1 aliphatic heterocycles. The molecule has 0 saturated carbocycles. The summed E-state index contributed by atoms with van der Waals surface area (Å²) < 4.78 is 27.4. The second-order valence-corrected chi connectivity index (χ2v) is 5.93. The van der Waals surface area contributed by atoms with Crippen molar-refractivity contribution < 1.29 is 28.5 Å². The molecule has 28 heavy (non-hydrogen) atoms. The molecule has 0 saturated heterocycles. The number of amides is 1. The first-order valence-electron chi connectivity index (χ1n) is 8.51. The number of nitrogens with zero attached hydrogens (tertiary/aromatic N) is 2. The third kappa shape index (κ3) is 3.53. The lowest BCUT2D eigenvalue weighted by Gasteiger charge is -2.19. The molecule has 1 heterocycles. The summed E-state index contributed by atoms with van der Waals surface area (Å²) in [4.78, 5) is 12.1. The fourth-order valence-electron chi connectivity index (χ4n) is 2.90. The van der Waals surface area contributed by atoms with Gasteiger partial charge in [-0.05, 0) is 24.3 Å². The van der Waals surface area contributed by atoms with Crippen LogP contribution in [0.5, 0.6) is 23.0 Å². The highest BCUT2D eigenvalue weighted by Gasteiger charge is 2.34. The van der Waals surface area contributed by atoms with E-state index in [2.05, 4.69) is 5.10 Å². The average Bonchev–Trinajstić information content (AvgIpc) is 3.18. The molecule has 0 N–H and O–H groups in total. The number of hydrazone groups is 1. The lowest BCUT2D eigenvalue weighted by atomic mass is 10.1. The maximum absolute atomic E-state index is 12.1. The van der Waals surface area contributed by atoms with Gasteiger partial charge < -0.3 is 23.7 Å². The molecule has 1 aliphatic rings. The molecule has 148 valence electrons. The lowest BCUT2D eigenvalue weighted by Crippen LogP contribution is -2.25. The van der Waals surface area contributed by atoms with Gasteiger partial charge in [-0.3, -0.25) is 4.79 Å². The third-order valence-electron chi connectivity index (χ3n) is 4.26. The summed E-state index contributed by atoms with van der Waals surface area (Å²) >= 11 is 0. The molecule has 2 aromatic carbocycles. The first-order chi connectivity index (χ1) is 13.5. The van der Waals surface area contributed by atoms with Gasteiger partial charge in [0.15, 0.2) is 11.5 Å². The highest BCUT2D eigenvalue weighted by atomic mass is 16.5. The summed E-state index contributed by atoms with van der Waals surface area (Å²) in [5.41, 5.74) is 1.33. The predicted molar refractivity (Wildman–Crippen MR) is 102 cm³/mol. The Morgan fingerprint density at radius 3 is 2.21 bits per heavy atom. The van der Waals surface area contributed by atoms with Gasteiger partial charge >= 0.3 is 0 Å². The van der Waals surface area contributed by atoms with Crippen LogP contribution in [0.2, 0.25) is 0 Å². The topological polar surface area (TPSA) is 78.8 Å². The summed E-state index contributed by atoms with van der Waals surface area (Å²) in [6, 6.07) is 10.7. The molecule has 0 fully saturated rings. The Morgan fingerprint density at radius 2 is 1.68 bits per heavy atom. The quantitative estimate of drug-likeness (QED) is 0.760. The molecule has 1 amide bonds. The number of hydrogen-bond donors (Lipinski definition) is 0. The van der Waals surface area contributed by atoms with Gasteiger partial charge in [0.1, 0.15) is 5.75 Å². The maximum atomic E-state index is 12.1. The number of carbonyl (C=O) groups excluding carboxylic acids is 1. The zero-order valence-electron chi connectivity index (χ0n) is 16.4. The summed E-state index contributed by atoms with van der Waals surface area (Å²) in [5.74, 6) is 2.05. The van der Waals surface area contributed by atoms with Crippen LogP contribution in [0.15, 0.2) is 41.5 Å². The van der Waals surface area contributed by atoms with Gasteiger partial charge in [0.2, 0.25) is 23.8 Å². The SMILES string of the molecule is COc1cccc(C2OC(c3cc(OC)c(OC)c(OC)c3)=NN2C(C)=O)c1. The van der Waals surface area contributed by atoms with Crippen LogP contribution in [0.25, 0.3) is 0 Å². The molecule has 3 rings (SSSR count). The van der Waals surface area contributed by atoms with Gasteiger partial charge in [-0.2, -0.15) is 5.01 Å². The van der Waals surface area contributed by atoms with Crippen molar-refractivity contribution in [3.63, 3.8) is 0 Å². The zero-order chi connectivity index (χ0) is 20.3. The van der Waals surface area contributed by atoms with E-state index < -0.39 is 6.23 Å². The first kappa shape index (κ1) is 19.3. The molecule has 8 nitrogen and oxygen atoms in total. The Morgan fingerprint density at radius 1 is 1.00 bits per heavy atom. The van der Waals surface area contributed by atoms with Gasteiger partial charge in [-0.25, -0.2) is 0 Å².